The van der Waals surface area contributed by atoms with Gasteiger partial charge in [0.1, 0.15) is 5.01 Å². The molecule has 0 radical (unpaired) electrons. The molecule has 86 valence electrons. The van der Waals surface area contributed by atoms with Gasteiger partial charge in [0.05, 0.1) is 5.75 Å². The highest BCUT2D eigenvalue weighted by molar-refractivity contribution is 8.67. The maximum absolute atomic E-state index is 5.22. The zero-order valence-electron chi connectivity index (χ0n) is 8.50. The fraction of sp³-hybridized carbons (Fsp3) is 0.667. The summed E-state index contributed by atoms with van der Waals surface area (Å²) in [4.78, 5) is 0. The number of aromatic nitrogens is 2. The second-order valence-corrected chi connectivity index (χ2v) is 10.9. The van der Waals surface area contributed by atoms with E-state index in [1.54, 1.807) is 37.3 Å². The molecule has 1 heterocycles. The van der Waals surface area contributed by atoms with Crippen LogP contribution in [0.15, 0.2) is 4.34 Å². The second-order valence-electron chi connectivity index (χ2n) is 2.25. The van der Waals surface area contributed by atoms with Gasteiger partial charge in [0.25, 0.3) is 0 Å². The van der Waals surface area contributed by atoms with Crippen molar-refractivity contribution in [3.05, 3.63) is 5.01 Å². The quantitative estimate of drug-likeness (QED) is 0.591. The number of hydrogen-bond donors (Lipinski definition) is 0. The highest BCUT2D eigenvalue weighted by atomic mass is 32.9. The molecule has 0 saturated heterocycles. The van der Waals surface area contributed by atoms with Crippen LogP contribution in [0.25, 0.3) is 0 Å². The van der Waals surface area contributed by atoms with E-state index in [0.29, 0.717) is 5.75 Å². The molecule has 0 fully saturated rings. The molecular formula is C6H11N2O2PS4. The van der Waals surface area contributed by atoms with Crippen LogP contribution < -0.4 is 0 Å². The highest BCUT2D eigenvalue weighted by Gasteiger charge is 2.17. The summed E-state index contributed by atoms with van der Waals surface area (Å²) in [6.45, 7) is 0. The normalized spacial score (nSPS) is 11.9. The Balaban J connectivity index is 2.53. The molecule has 0 unspecified atom stereocenters. The van der Waals surface area contributed by atoms with E-state index in [1.807, 2.05) is 6.26 Å². The first-order valence-corrected chi connectivity index (χ1v) is 10.1. The van der Waals surface area contributed by atoms with Crippen LogP contribution in [0.3, 0.4) is 0 Å². The summed E-state index contributed by atoms with van der Waals surface area (Å²) in [5, 5.41) is 9.00. The molecule has 1 aromatic heterocycles. The first-order chi connectivity index (χ1) is 7.13. The molecule has 0 aromatic carbocycles. The third kappa shape index (κ3) is 4.30. The summed E-state index contributed by atoms with van der Waals surface area (Å²) < 4.78 is 11.3. The van der Waals surface area contributed by atoms with Gasteiger partial charge in [-0.2, -0.15) is 0 Å². The Morgan fingerprint density at radius 3 is 2.53 bits per heavy atom. The molecule has 9 heteroatoms. The molecule has 0 saturated carbocycles. The molecular weight excluding hydrogens is 291 g/mol. The van der Waals surface area contributed by atoms with Crippen LogP contribution in [-0.4, -0.2) is 30.7 Å². The van der Waals surface area contributed by atoms with E-state index in [4.69, 9.17) is 20.9 Å². The fourth-order valence-corrected chi connectivity index (χ4v) is 5.11. The van der Waals surface area contributed by atoms with E-state index in [1.165, 1.54) is 11.4 Å². The maximum Gasteiger partial charge on any atom is 0.247 e. The lowest BCUT2D eigenvalue weighted by atomic mass is 10.9. The summed E-state index contributed by atoms with van der Waals surface area (Å²) in [5.74, 6) is 0.692. The van der Waals surface area contributed by atoms with E-state index in [-0.39, 0.29) is 0 Å². The Morgan fingerprint density at radius 2 is 2.07 bits per heavy atom. The Hall–Kier alpha value is 0.830. The Kier molecular flexibility index (Phi) is 6.06. The molecule has 0 aliphatic heterocycles. The van der Waals surface area contributed by atoms with Gasteiger partial charge in [-0.15, -0.1) is 10.2 Å². The molecule has 1 rings (SSSR count). The predicted molar refractivity (Wildman–Crippen MR) is 71.3 cm³/mol. The monoisotopic (exact) mass is 302 g/mol. The van der Waals surface area contributed by atoms with Gasteiger partial charge < -0.3 is 9.05 Å². The smallest absolute Gasteiger partial charge is 0.247 e. The zero-order valence-corrected chi connectivity index (χ0v) is 12.7. The van der Waals surface area contributed by atoms with Crippen LogP contribution in [0, 0.1) is 0 Å². The average molecular weight is 302 g/mol. The maximum atomic E-state index is 5.22. The van der Waals surface area contributed by atoms with Crippen LogP contribution in [0.4, 0.5) is 0 Å². The average Bonchev–Trinajstić information content (AvgIpc) is 2.74. The Morgan fingerprint density at radius 1 is 1.40 bits per heavy atom. The van der Waals surface area contributed by atoms with Crippen LogP contribution in [0.1, 0.15) is 5.01 Å². The molecule has 0 atom stereocenters. The summed E-state index contributed by atoms with van der Waals surface area (Å²) in [6, 6.07) is 0. The highest BCUT2D eigenvalue weighted by Crippen LogP contribution is 2.60. The number of thioether (sulfide) groups is 1. The molecule has 15 heavy (non-hydrogen) atoms. The van der Waals surface area contributed by atoms with Gasteiger partial charge in [-0.1, -0.05) is 34.5 Å². The summed E-state index contributed by atoms with van der Waals surface area (Å²) >= 11 is 9.87. The first-order valence-electron chi connectivity index (χ1n) is 3.86. The summed E-state index contributed by atoms with van der Waals surface area (Å²) in [7, 11) is 3.15. The van der Waals surface area contributed by atoms with E-state index in [9.17, 15) is 0 Å². The van der Waals surface area contributed by atoms with Gasteiger partial charge in [0, 0.05) is 14.2 Å². The minimum atomic E-state index is -2.16. The lowest BCUT2D eigenvalue weighted by Gasteiger charge is -2.15. The van der Waals surface area contributed by atoms with Crippen molar-refractivity contribution < 1.29 is 9.05 Å². The van der Waals surface area contributed by atoms with Crippen molar-refractivity contribution in [3.63, 3.8) is 0 Å². The first kappa shape index (κ1) is 13.9. The molecule has 0 N–H and O–H groups in total. The molecule has 0 amide bonds. The van der Waals surface area contributed by atoms with Crippen molar-refractivity contribution in [3.8, 4) is 0 Å². The molecule has 0 bridgehead atoms. The molecule has 0 aliphatic rings. The largest absolute Gasteiger partial charge is 0.325 e. The van der Waals surface area contributed by atoms with Crippen molar-refractivity contribution in [2.75, 3.05) is 20.5 Å². The van der Waals surface area contributed by atoms with Gasteiger partial charge in [0.15, 0.2) is 4.34 Å². The van der Waals surface area contributed by atoms with E-state index < -0.39 is 5.69 Å². The van der Waals surface area contributed by atoms with Gasteiger partial charge >= 0.3 is 0 Å². The SMILES string of the molecule is COP(=S)(OC)SCc1nnc(SC)s1. The Bertz CT molecular complexity index is 351. The van der Waals surface area contributed by atoms with Crippen molar-refractivity contribution in [1.29, 1.82) is 0 Å². The van der Waals surface area contributed by atoms with E-state index in [0.717, 1.165) is 9.35 Å². The lowest BCUT2D eigenvalue weighted by Crippen LogP contribution is -1.85. The van der Waals surface area contributed by atoms with Crippen molar-refractivity contribution >= 4 is 52.0 Å². The fourth-order valence-electron chi connectivity index (χ4n) is 0.693. The molecule has 4 nitrogen and oxygen atoms in total. The third-order valence-corrected chi connectivity index (χ3v) is 9.18. The topological polar surface area (TPSA) is 44.2 Å². The van der Waals surface area contributed by atoms with Crippen LogP contribution in [0.5, 0.6) is 0 Å². The minimum Gasteiger partial charge on any atom is -0.325 e. The van der Waals surface area contributed by atoms with Gasteiger partial charge in [-0.3, -0.25) is 0 Å². The van der Waals surface area contributed by atoms with Crippen molar-refractivity contribution in [1.82, 2.24) is 10.2 Å². The minimum absolute atomic E-state index is 0.692. The van der Waals surface area contributed by atoms with Crippen molar-refractivity contribution in [2.45, 2.75) is 10.1 Å². The number of rotatable bonds is 6. The third-order valence-electron chi connectivity index (χ3n) is 1.42. The molecule has 1 aromatic rings. The van der Waals surface area contributed by atoms with E-state index in [2.05, 4.69) is 10.2 Å². The number of nitrogens with zero attached hydrogens (tertiary/aromatic N) is 2. The van der Waals surface area contributed by atoms with Gasteiger partial charge in [0.2, 0.25) is 5.69 Å². The van der Waals surface area contributed by atoms with Crippen molar-refractivity contribution in [2.24, 2.45) is 0 Å². The lowest BCUT2D eigenvalue weighted by molar-refractivity contribution is 0.354. The van der Waals surface area contributed by atoms with Crippen LogP contribution >= 0.6 is 40.2 Å². The summed E-state index contributed by atoms with van der Waals surface area (Å²) in [6.07, 6.45) is 1.98. The molecule has 0 aliphatic carbocycles. The van der Waals surface area contributed by atoms with Crippen LogP contribution in [0.2, 0.25) is 0 Å². The van der Waals surface area contributed by atoms with Crippen LogP contribution in [-0.2, 0) is 26.6 Å². The number of hydrogen-bond acceptors (Lipinski definition) is 8. The second kappa shape index (κ2) is 6.54. The van der Waals surface area contributed by atoms with Gasteiger partial charge in [-0.05, 0) is 18.1 Å². The Labute approximate surface area is 106 Å². The van der Waals surface area contributed by atoms with E-state index >= 15 is 0 Å². The standard InChI is InChI=1S/C6H11N2O2PS4/c1-9-11(12,10-2)14-4-5-7-8-6(13-3)15-5/h4H2,1-3H3. The van der Waals surface area contributed by atoms with Gasteiger partial charge in [-0.25, -0.2) is 0 Å². The molecule has 0 spiro atoms. The zero-order chi connectivity index (χ0) is 11.3. The summed E-state index contributed by atoms with van der Waals surface area (Å²) in [5.41, 5.74) is -2.16. The predicted octanol–water partition coefficient (Wildman–Crippen LogP) is 3.01.